The van der Waals surface area contributed by atoms with Crippen molar-refractivity contribution in [1.29, 1.82) is 0 Å². The number of carbonyl (C=O) groups excluding carboxylic acids is 2. The van der Waals surface area contributed by atoms with Crippen molar-refractivity contribution in [2.24, 2.45) is 0 Å². The van der Waals surface area contributed by atoms with Crippen LogP contribution < -0.4 is 10.6 Å². The van der Waals surface area contributed by atoms with E-state index in [1.165, 1.54) is 6.07 Å². The second-order valence-corrected chi connectivity index (χ2v) is 4.43. The van der Waals surface area contributed by atoms with Gasteiger partial charge in [-0.3, -0.25) is 14.9 Å². The molecule has 0 saturated heterocycles. The van der Waals surface area contributed by atoms with Crippen LogP contribution in [-0.4, -0.2) is 23.0 Å². The molecular weight excluding hydrogens is 262 g/mol. The average molecular weight is 277 g/mol. The third-order valence-corrected chi connectivity index (χ3v) is 2.54. The molecule has 0 aliphatic rings. The van der Waals surface area contributed by atoms with Crippen LogP contribution in [0.1, 0.15) is 18.4 Å². The number of nitrogens with one attached hydrogen (secondary N) is 2. The van der Waals surface area contributed by atoms with Gasteiger partial charge in [0.25, 0.3) is 0 Å². The van der Waals surface area contributed by atoms with Gasteiger partial charge in [-0.1, -0.05) is 5.16 Å². The summed E-state index contributed by atoms with van der Waals surface area (Å²) in [6.07, 6.45) is 2.07. The van der Waals surface area contributed by atoms with Gasteiger partial charge in [0.1, 0.15) is 11.5 Å². The van der Waals surface area contributed by atoms with Gasteiger partial charge in [-0.15, -0.1) is 0 Å². The van der Waals surface area contributed by atoms with E-state index in [9.17, 15) is 9.59 Å². The summed E-state index contributed by atoms with van der Waals surface area (Å²) in [5, 5.41) is 8.50. The number of hydrogen-bond donors (Lipinski definition) is 2. The van der Waals surface area contributed by atoms with E-state index in [1.54, 1.807) is 32.2 Å². The first-order valence-corrected chi connectivity index (χ1v) is 6.12. The predicted octanol–water partition coefficient (Wildman–Crippen LogP) is 1.26. The molecule has 0 aliphatic heterocycles. The molecule has 2 aromatic rings. The molecule has 0 unspecified atom stereocenters. The van der Waals surface area contributed by atoms with Crippen molar-refractivity contribution in [2.45, 2.75) is 26.3 Å². The lowest BCUT2D eigenvalue weighted by molar-refractivity contribution is -0.136. The standard InChI is InChI=1S/C13H15N3O4/c1-8(6-10-4-3-5-19-10)14-12(17)13(18)15-11-7-9(2)20-16-11/h3-5,7-8H,6H2,1-2H3,(H,14,17)(H,15,16,18)/t8-/m1/s1. The molecular formula is C13H15N3O4. The van der Waals surface area contributed by atoms with Gasteiger partial charge >= 0.3 is 11.8 Å². The molecule has 0 aliphatic carbocycles. The molecule has 2 N–H and O–H groups in total. The number of carbonyl (C=O) groups is 2. The van der Waals surface area contributed by atoms with E-state index in [1.807, 2.05) is 0 Å². The smallest absolute Gasteiger partial charge is 0.314 e. The van der Waals surface area contributed by atoms with E-state index in [2.05, 4.69) is 15.8 Å². The fraction of sp³-hybridized carbons (Fsp3) is 0.308. The van der Waals surface area contributed by atoms with E-state index < -0.39 is 11.8 Å². The minimum absolute atomic E-state index is 0.210. The Morgan fingerprint density at radius 3 is 2.80 bits per heavy atom. The van der Waals surface area contributed by atoms with Gasteiger partial charge < -0.3 is 14.3 Å². The third-order valence-electron chi connectivity index (χ3n) is 2.54. The van der Waals surface area contributed by atoms with Crippen LogP contribution in [0.3, 0.4) is 0 Å². The predicted molar refractivity (Wildman–Crippen MR) is 69.9 cm³/mol. The van der Waals surface area contributed by atoms with Gasteiger partial charge in [-0.2, -0.15) is 0 Å². The Balaban J connectivity index is 1.83. The van der Waals surface area contributed by atoms with Crippen LogP contribution in [0.15, 0.2) is 33.4 Å². The summed E-state index contributed by atoms with van der Waals surface area (Å²) < 4.78 is 9.96. The maximum atomic E-state index is 11.7. The van der Waals surface area contributed by atoms with Crippen molar-refractivity contribution in [3.63, 3.8) is 0 Å². The zero-order valence-corrected chi connectivity index (χ0v) is 11.2. The van der Waals surface area contributed by atoms with Gasteiger partial charge in [0.15, 0.2) is 5.82 Å². The number of furan rings is 1. The van der Waals surface area contributed by atoms with Crippen molar-refractivity contribution < 1.29 is 18.5 Å². The molecule has 0 spiro atoms. The number of rotatable bonds is 4. The SMILES string of the molecule is Cc1cc(NC(=O)C(=O)N[C@H](C)Cc2ccco2)no1. The van der Waals surface area contributed by atoms with Crippen LogP contribution in [0.4, 0.5) is 5.82 Å². The lowest BCUT2D eigenvalue weighted by Gasteiger charge is -2.11. The lowest BCUT2D eigenvalue weighted by atomic mass is 10.2. The quantitative estimate of drug-likeness (QED) is 0.820. The van der Waals surface area contributed by atoms with Gasteiger partial charge in [0, 0.05) is 18.5 Å². The highest BCUT2D eigenvalue weighted by Crippen LogP contribution is 2.07. The monoisotopic (exact) mass is 277 g/mol. The topological polar surface area (TPSA) is 97.4 Å². The molecule has 0 saturated carbocycles. The van der Waals surface area contributed by atoms with E-state index >= 15 is 0 Å². The Labute approximate surface area is 115 Å². The molecule has 0 fully saturated rings. The van der Waals surface area contributed by atoms with Gasteiger partial charge in [-0.25, -0.2) is 0 Å². The molecule has 106 valence electrons. The van der Waals surface area contributed by atoms with Gasteiger partial charge in [-0.05, 0) is 26.0 Å². The van der Waals surface area contributed by atoms with Crippen LogP contribution in [0.5, 0.6) is 0 Å². The summed E-state index contributed by atoms with van der Waals surface area (Å²) in [4.78, 5) is 23.3. The van der Waals surface area contributed by atoms with Crippen molar-refractivity contribution in [1.82, 2.24) is 10.5 Å². The van der Waals surface area contributed by atoms with Crippen molar-refractivity contribution in [3.05, 3.63) is 36.0 Å². The second-order valence-electron chi connectivity index (χ2n) is 4.43. The number of aromatic nitrogens is 1. The first-order valence-electron chi connectivity index (χ1n) is 6.12. The highest BCUT2D eigenvalue weighted by atomic mass is 16.5. The molecule has 2 heterocycles. The summed E-state index contributed by atoms with van der Waals surface area (Å²) in [5.41, 5.74) is 0. The first-order chi connectivity index (χ1) is 9.54. The molecule has 1 atom stereocenters. The highest BCUT2D eigenvalue weighted by molar-refractivity contribution is 6.39. The minimum Gasteiger partial charge on any atom is -0.469 e. The van der Waals surface area contributed by atoms with Crippen LogP contribution in [-0.2, 0) is 16.0 Å². The van der Waals surface area contributed by atoms with Crippen molar-refractivity contribution in [2.75, 3.05) is 5.32 Å². The first kappa shape index (κ1) is 13.9. The van der Waals surface area contributed by atoms with Crippen LogP contribution in [0, 0.1) is 6.92 Å². The number of anilines is 1. The minimum atomic E-state index is -0.787. The Kier molecular flexibility index (Phi) is 4.19. The molecule has 20 heavy (non-hydrogen) atoms. The van der Waals surface area contributed by atoms with Crippen molar-refractivity contribution in [3.8, 4) is 0 Å². The van der Waals surface area contributed by atoms with Crippen LogP contribution >= 0.6 is 0 Å². The maximum absolute atomic E-state index is 11.7. The Morgan fingerprint density at radius 1 is 1.40 bits per heavy atom. The fourth-order valence-electron chi connectivity index (χ4n) is 1.67. The molecule has 7 nitrogen and oxygen atoms in total. The summed E-state index contributed by atoms with van der Waals surface area (Å²) >= 11 is 0. The Bertz CT molecular complexity index is 589. The molecule has 0 aromatic carbocycles. The lowest BCUT2D eigenvalue weighted by Crippen LogP contribution is -2.41. The van der Waals surface area contributed by atoms with E-state index in [4.69, 9.17) is 8.94 Å². The average Bonchev–Trinajstić information content (AvgIpc) is 3.01. The molecule has 7 heteroatoms. The summed E-state index contributed by atoms with van der Waals surface area (Å²) in [5.74, 6) is -0.0205. The molecule has 2 aromatic heterocycles. The number of nitrogens with zero attached hydrogens (tertiary/aromatic N) is 1. The van der Waals surface area contributed by atoms with Crippen LogP contribution in [0.2, 0.25) is 0 Å². The fourth-order valence-corrected chi connectivity index (χ4v) is 1.67. The number of amides is 2. The number of hydrogen-bond acceptors (Lipinski definition) is 5. The van der Waals surface area contributed by atoms with E-state index in [0.717, 1.165) is 5.76 Å². The second kappa shape index (κ2) is 6.05. The van der Waals surface area contributed by atoms with Gasteiger partial charge in [0.05, 0.1) is 6.26 Å². The zero-order valence-electron chi connectivity index (χ0n) is 11.2. The van der Waals surface area contributed by atoms with E-state index in [-0.39, 0.29) is 11.9 Å². The molecule has 2 amide bonds. The Morgan fingerprint density at radius 2 is 2.20 bits per heavy atom. The summed E-state index contributed by atoms with van der Waals surface area (Å²) in [6.45, 7) is 3.47. The van der Waals surface area contributed by atoms with Crippen LogP contribution in [0.25, 0.3) is 0 Å². The normalized spacial score (nSPS) is 11.9. The molecule has 0 bridgehead atoms. The third kappa shape index (κ3) is 3.71. The largest absolute Gasteiger partial charge is 0.469 e. The molecule has 0 radical (unpaired) electrons. The Hall–Kier alpha value is -2.57. The maximum Gasteiger partial charge on any atom is 0.314 e. The van der Waals surface area contributed by atoms with Gasteiger partial charge in [0.2, 0.25) is 0 Å². The van der Waals surface area contributed by atoms with E-state index in [0.29, 0.717) is 12.2 Å². The summed E-state index contributed by atoms with van der Waals surface area (Å²) in [7, 11) is 0. The summed E-state index contributed by atoms with van der Waals surface area (Å²) in [6, 6.07) is 4.88. The highest BCUT2D eigenvalue weighted by Gasteiger charge is 2.18. The number of aryl methyl sites for hydroxylation is 1. The molecule has 2 rings (SSSR count). The zero-order chi connectivity index (χ0) is 14.5. The van der Waals surface area contributed by atoms with Crippen molar-refractivity contribution >= 4 is 17.6 Å².